The smallest absolute Gasteiger partial charge is 0.138 e. The standard InChI is InChI=1S/C16H18N4O/c1-10-3-4-12(8-18-10)9-20-15-6-5-13(17)7-14(15)19-16(20)11(2)21/h3-8,11,21H,9,17H2,1-2H3. The summed E-state index contributed by atoms with van der Waals surface area (Å²) in [5.41, 5.74) is 10.3. The number of aliphatic hydroxyl groups excluding tert-OH is 1. The lowest BCUT2D eigenvalue weighted by molar-refractivity contribution is 0.185. The van der Waals surface area contributed by atoms with Gasteiger partial charge in [-0.3, -0.25) is 4.98 Å². The number of aromatic nitrogens is 3. The van der Waals surface area contributed by atoms with E-state index in [0.29, 0.717) is 18.1 Å². The summed E-state index contributed by atoms with van der Waals surface area (Å²) >= 11 is 0. The van der Waals surface area contributed by atoms with Crippen molar-refractivity contribution in [1.82, 2.24) is 14.5 Å². The molecule has 0 bridgehead atoms. The molecular formula is C16H18N4O. The predicted molar refractivity (Wildman–Crippen MR) is 82.9 cm³/mol. The highest BCUT2D eigenvalue weighted by atomic mass is 16.3. The van der Waals surface area contributed by atoms with Crippen LogP contribution >= 0.6 is 0 Å². The Balaban J connectivity index is 2.10. The van der Waals surface area contributed by atoms with Crippen LogP contribution in [0.25, 0.3) is 11.0 Å². The van der Waals surface area contributed by atoms with Crippen LogP contribution in [0.2, 0.25) is 0 Å². The van der Waals surface area contributed by atoms with Gasteiger partial charge in [-0.05, 0) is 43.7 Å². The van der Waals surface area contributed by atoms with Gasteiger partial charge in [-0.15, -0.1) is 0 Å². The van der Waals surface area contributed by atoms with Gasteiger partial charge in [0.25, 0.3) is 0 Å². The lowest BCUT2D eigenvalue weighted by Gasteiger charge is -2.11. The number of imidazole rings is 1. The average molecular weight is 282 g/mol. The Kier molecular flexibility index (Phi) is 3.35. The van der Waals surface area contributed by atoms with E-state index in [2.05, 4.69) is 9.97 Å². The zero-order valence-corrected chi connectivity index (χ0v) is 12.1. The highest BCUT2D eigenvalue weighted by Gasteiger charge is 2.15. The summed E-state index contributed by atoms with van der Waals surface area (Å²) in [5, 5.41) is 9.97. The fraction of sp³-hybridized carbons (Fsp3) is 0.250. The minimum Gasteiger partial charge on any atom is -0.399 e. The zero-order chi connectivity index (χ0) is 15.0. The van der Waals surface area contributed by atoms with Crippen molar-refractivity contribution in [2.45, 2.75) is 26.5 Å². The molecule has 1 atom stereocenters. The minimum atomic E-state index is -0.642. The van der Waals surface area contributed by atoms with Crippen LogP contribution in [0.3, 0.4) is 0 Å². The van der Waals surface area contributed by atoms with Crippen molar-refractivity contribution in [3.05, 3.63) is 53.6 Å². The number of nitrogens with zero attached hydrogens (tertiary/aromatic N) is 3. The molecule has 0 radical (unpaired) electrons. The molecule has 0 aliphatic carbocycles. The van der Waals surface area contributed by atoms with Gasteiger partial charge in [-0.2, -0.15) is 0 Å². The second kappa shape index (κ2) is 5.18. The molecule has 5 heteroatoms. The Morgan fingerprint density at radius 2 is 2.10 bits per heavy atom. The number of aryl methyl sites for hydroxylation is 1. The van der Waals surface area contributed by atoms with Gasteiger partial charge in [0.05, 0.1) is 17.6 Å². The molecule has 2 heterocycles. The molecule has 0 spiro atoms. The molecule has 0 fully saturated rings. The van der Waals surface area contributed by atoms with Gasteiger partial charge >= 0.3 is 0 Å². The maximum atomic E-state index is 9.97. The third-order valence-corrected chi connectivity index (χ3v) is 3.49. The SMILES string of the molecule is Cc1ccc(Cn2c(C(C)O)nc3cc(N)ccc32)cn1. The number of nitrogens with two attached hydrogens (primary N) is 1. The molecule has 0 saturated heterocycles. The van der Waals surface area contributed by atoms with E-state index >= 15 is 0 Å². The molecule has 0 amide bonds. The fourth-order valence-corrected chi connectivity index (χ4v) is 2.43. The number of hydrogen-bond acceptors (Lipinski definition) is 4. The van der Waals surface area contributed by atoms with Crippen LogP contribution in [-0.2, 0) is 6.54 Å². The van der Waals surface area contributed by atoms with E-state index < -0.39 is 6.10 Å². The van der Waals surface area contributed by atoms with Crippen LogP contribution in [0.1, 0.15) is 30.1 Å². The van der Waals surface area contributed by atoms with Crippen LogP contribution < -0.4 is 5.73 Å². The number of fused-ring (bicyclic) bond motifs is 1. The molecule has 21 heavy (non-hydrogen) atoms. The van der Waals surface area contributed by atoms with Crippen LogP contribution in [0.4, 0.5) is 5.69 Å². The Hall–Kier alpha value is -2.40. The van der Waals surface area contributed by atoms with Crippen molar-refractivity contribution < 1.29 is 5.11 Å². The quantitative estimate of drug-likeness (QED) is 0.723. The number of pyridine rings is 1. The molecule has 1 aromatic carbocycles. The van der Waals surface area contributed by atoms with Gasteiger partial charge in [0, 0.05) is 17.6 Å². The van der Waals surface area contributed by atoms with Gasteiger partial charge < -0.3 is 15.4 Å². The second-order valence-electron chi connectivity index (χ2n) is 5.29. The van der Waals surface area contributed by atoms with Crippen molar-refractivity contribution in [2.75, 3.05) is 5.73 Å². The van der Waals surface area contributed by atoms with Crippen LogP contribution in [0, 0.1) is 6.92 Å². The summed E-state index contributed by atoms with van der Waals surface area (Å²) in [5.74, 6) is 0.635. The Labute approximate surface area is 123 Å². The van der Waals surface area contributed by atoms with Gasteiger partial charge in [-0.25, -0.2) is 4.98 Å². The molecule has 108 valence electrons. The van der Waals surface area contributed by atoms with E-state index in [4.69, 9.17) is 5.73 Å². The first-order valence-electron chi connectivity index (χ1n) is 6.90. The van der Waals surface area contributed by atoms with E-state index in [1.165, 1.54) is 0 Å². The van der Waals surface area contributed by atoms with E-state index in [-0.39, 0.29) is 0 Å². The maximum absolute atomic E-state index is 9.97. The summed E-state index contributed by atoms with van der Waals surface area (Å²) < 4.78 is 2.01. The lowest BCUT2D eigenvalue weighted by atomic mass is 10.2. The highest BCUT2D eigenvalue weighted by Crippen LogP contribution is 2.23. The number of anilines is 1. The van der Waals surface area contributed by atoms with Crippen LogP contribution in [-0.4, -0.2) is 19.6 Å². The molecule has 5 nitrogen and oxygen atoms in total. The fourth-order valence-electron chi connectivity index (χ4n) is 2.43. The largest absolute Gasteiger partial charge is 0.399 e. The topological polar surface area (TPSA) is 77.0 Å². The van der Waals surface area contributed by atoms with Gasteiger partial charge in [0.15, 0.2) is 0 Å². The number of aliphatic hydroxyl groups is 1. The van der Waals surface area contributed by atoms with Crippen molar-refractivity contribution >= 4 is 16.7 Å². The van der Waals surface area contributed by atoms with Crippen molar-refractivity contribution in [3.63, 3.8) is 0 Å². The molecule has 1 unspecified atom stereocenters. The average Bonchev–Trinajstić information content (AvgIpc) is 2.79. The molecule has 3 N–H and O–H groups in total. The first-order chi connectivity index (χ1) is 10.0. The summed E-state index contributed by atoms with van der Waals surface area (Å²) in [6, 6.07) is 9.63. The Morgan fingerprint density at radius 3 is 2.76 bits per heavy atom. The van der Waals surface area contributed by atoms with Gasteiger partial charge in [0.2, 0.25) is 0 Å². The zero-order valence-electron chi connectivity index (χ0n) is 12.1. The summed E-state index contributed by atoms with van der Waals surface area (Å²) in [6.45, 7) is 4.29. The molecule has 3 aromatic rings. The third kappa shape index (κ3) is 2.60. The molecule has 0 aliphatic heterocycles. The first-order valence-corrected chi connectivity index (χ1v) is 6.90. The first kappa shape index (κ1) is 13.6. The maximum Gasteiger partial charge on any atom is 0.138 e. The lowest BCUT2D eigenvalue weighted by Crippen LogP contribution is -2.08. The van der Waals surface area contributed by atoms with Gasteiger partial charge in [0.1, 0.15) is 11.9 Å². The van der Waals surface area contributed by atoms with E-state index in [1.807, 2.05) is 48.0 Å². The monoisotopic (exact) mass is 282 g/mol. The highest BCUT2D eigenvalue weighted by molar-refractivity contribution is 5.79. The molecule has 3 rings (SSSR count). The number of hydrogen-bond donors (Lipinski definition) is 2. The molecule has 0 saturated carbocycles. The van der Waals surface area contributed by atoms with Gasteiger partial charge in [-0.1, -0.05) is 6.07 Å². The Bertz CT molecular complexity index is 775. The number of benzene rings is 1. The van der Waals surface area contributed by atoms with E-state index in [0.717, 1.165) is 22.3 Å². The molecule has 2 aromatic heterocycles. The van der Waals surface area contributed by atoms with Crippen molar-refractivity contribution in [3.8, 4) is 0 Å². The summed E-state index contributed by atoms with van der Waals surface area (Å²) in [6.07, 6.45) is 1.21. The van der Waals surface area contributed by atoms with Crippen LogP contribution in [0.15, 0.2) is 36.5 Å². The number of rotatable bonds is 3. The van der Waals surface area contributed by atoms with Crippen molar-refractivity contribution in [2.24, 2.45) is 0 Å². The molecular weight excluding hydrogens is 264 g/mol. The van der Waals surface area contributed by atoms with E-state index in [1.54, 1.807) is 6.92 Å². The van der Waals surface area contributed by atoms with E-state index in [9.17, 15) is 5.11 Å². The second-order valence-corrected chi connectivity index (χ2v) is 5.29. The van der Waals surface area contributed by atoms with Crippen molar-refractivity contribution in [1.29, 1.82) is 0 Å². The number of nitrogen functional groups attached to an aromatic ring is 1. The third-order valence-electron chi connectivity index (χ3n) is 3.49. The predicted octanol–water partition coefficient (Wildman–Crippen LogP) is 2.42. The molecule has 0 aliphatic rings. The van der Waals surface area contributed by atoms with Crippen LogP contribution in [0.5, 0.6) is 0 Å². The minimum absolute atomic E-state index is 0.619. The normalized spacial score (nSPS) is 12.7. The summed E-state index contributed by atoms with van der Waals surface area (Å²) in [4.78, 5) is 8.81. The Morgan fingerprint density at radius 1 is 1.29 bits per heavy atom. The summed E-state index contributed by atoms with van der Waals surface area (Å²) in [7, 11) is 0.